The summed E-state index contributed by atoms with van der Waals surface area (Å²) >= 11 is 0. The van der Waals surface area contributed by atoms with Crippen LogP contribution in [0.15, 0.2) is 0 Å². The lowest BCUT2D eigenvalue weighted by Gasteiger charge is -2.25. The lowest BCUT2D eigenvalue weighted by molar-refractivity contribution is -0.131. The first-order valence-corrected chi connectivity index (χ1v) is 6.30. The van der Waals surface area contributed by atoms with E-state index >= 15 is 0 Å². The van der Waals surface area contributed by atoms with Crippen molar-refractivity contribution in [2.24, 2.45) is 11.3 Å². The summed E-state index contributed by atoms with van der Waals surface area (Å²) in [5, 5.41) is 8.78. The molecule has 88 valence electrons. The van der Waals surface area contributed by atoms with Crippen LogP contribution < -0.4 is 0 Å². The minimum atomic E-state index is 0.165. The third-order valence-corrected chi connectivity index (χ3v) is 4.03. The molecule has 16 heavy (non-hydrogen) atoms. The minimum absolute atomic E-state index is 0.165. The molecule has 1 aliphatic carbocycles. The maximum Gasteiger partial charge on any atom is 0.222 e. The third-order valence-electron chi connectivity index (χ3n) is 4.03. The zero-order valence-corrected chi connectivity index (χ0v) is 10.0. The molecular formula is C13H20N2O. The van der Waals surface area contributed by atoms with Gasteiger partial charge in [0, 0.05) is 31.3 Å². The molecule has 1 saturated carbocycles. The number of hydrogen-bond acceptors (Lipinski definition) is 2. The highest BCUT2D eigenvalue weighted by molar-refractivity contribution is 5.76. The number of amides is 1. The van der Waals surface area contributed by atoms with Crippen LogP contribution in [-0.4, -0.2) is 23.9 Å². The van der Waals surface area contributed by atoms with Gasteiger partial charge in [-0.2, -0.15) is 5.26 Å². The third kappa shape index (κ3) is 2.55. The van der Waals surface area contributed by atoms with Crippen molar-refractivity contribution in [2.75, 3.05) is 13.1 Å². The maximum absolute atomic E-state index is 11.9. The Labute approximate surface area is 97.4 Å². The molecule has 1 unspecified atom stereocenters. The lowest BCUT2D eigenvalue weighted by Crippen LogP contribution is -2.35. The highest BCUT2D eigenvalue weighted by Crippen LogP contribution is 2.49. The van der Waals surface area contributed by atoms with Gasteiger partial charge in [0.15, 0.2) is 0 Å². The molecule has 1 heterocycles. The fraction of sp³-hybridized carbons (Fsp3) is 0.846. The first-order chi connectivity index (χ1) is 7.65. The molecule has 3 nitrogen and oxygen atoms in total. The normalized spacial score (nSPS) is 28.4. The molecule has 1 saturated heterocycles. The van der Waals surface area contributed by atoms with Crippen LogP contribution in [0.1, 0.15) is 45.4 Å². The molecule has 2 fully saturated rings. The lowest BCUT2D eigenvalue weighted by atomic mass is 10.0. The van der Waals surface area contributed by atoms with Gasteiger partial charge in [-0.05, 0) is 31.6 Å². The van der Waals surface area contributed by atoms with Crippen LogP contribution >= 0.6 is 0 Å². The van der Waals surface area contributed by atoms with Crippen LogP contribution in [0.3, 0.4) is 0 Å². The quantitative estimate of drug-likeness (QED) is 0.732. The summed E-state index contributed by atoms with van der Waals surface area (Å²) in [6, 6.07) is 2.26. The number of carbonyl (C=O) groups is 1. The van der Waals surface area contributed by atoms with Crippen molar-refractivity contribution in [1.82, 2.24) is 4.90 Å². The Kier molecular flexibility index (Phi) is 3.18. The van der Waals surface area contributed by atoms with Crippen LogP contribution in [0, 0.1) is 22.7 Å². The molecule has 0 N–H and O–H groups in total. The number of nitrogens with zero attached hydrogens (tertiary/aromatic N) is 2. The molecule has 0 aromatic carbocycles. The smallest absolute Gasteiger partial charge is 0.222 e. The van der Waals surface area contributed by atoms with E-state index in [1.54, 1.807) is 0 Å². The summed E-state index contributed by atoms with van der Waals surface area (Å²) < 4.78 is 0. The molecule has 2 rings (SSSR count). The van der Waals surface area contributed by atoms with E-state index in [-0.39, 0.29) is 5.41 Å². The molecule has 3 heteroatoms. The molecular weight excluding hydrogens is 200 g/mol. The molecule has 0 bridgehead atoms. The van der Waals surface area contributed by atoms with Gasteiger partial charge in [0.1, 0.15) is 0 Å². The van der Waals surface area contributed by atoms with E-state index in [1.807, 2.05) is 4.90 Å². The first kappa shape index (κ1) is 11.4. The van der Waals surface area contributed by atoms with Gasteiger partial charge in [-0.1, -0.05) is 6.92 Å². The van der Waals surface area contributed by atoms with E-state index in [2.05, 4.69) is 13.0 Å². The van der Waals surface area contributed by atoms with Crippen LogP contribution in [-0.2, 0) is 4.79 Å². The van der Waals surface area contributed by atoms with E-state index in [0.717, 1.165) is 38.8 Å². The number of carbonyl (C=O) groups excluding carboxylic acids is 1. The Bertz CT molecular complexity index is 314. The number of likely N-dealkylation sites (tertiary alicyclic amines) is 1. The van der Waals surface area contributed by atoms with Gasteiger partial charge in [-0.15, -0.1) is 0 Å². The molecule has 1 amide bonds. The second kappa shape index (κ2) is 4.45. The number of rotatable bonds is 3. The number of hydrogen-bond donors (Lipinski definition) is 0. The highest BCUT2D eigenvalue weighted by Gasteiger charge is 2.44. The van der Waals surface area contributed by atoms with Gasteiger partial charge in [-0.25, -0.2) is 0 Å². The monoisotopic (exact) mass is 220 g/mol. The van der Waals surface area contributed by atoms with E-state index in [9.17, 15) is 4.79 Å². The number of nitriles is 1. The van der Waals surface area contributed by atoms with E-state index < -0.39 is 0 Å². The fourth-order valence-electron chi connectivity index (χ4n) is 2.48. The van der Waals surface area contributed by atoms with Crippen LogP contribution in [0.4, 0.5) is 0 Å². The zero-order chi connectivity index (χ0) is 11.6. The standard InChI is InChI=1S/C13H20N2O/c1-11-2-3-12(16)15(9-4-11)10-13(5-6-13)7-8-14/h11H,2-7,9-10H2,1H3. The summed E-state index contributed by atoms with van der Waals surface area (Å²) in [5.41, 5.74) is 0.165. The summed E-state index contributed by atoms with van der Waals surface area (Å²) in [6.07, 6.45) is 5.71. The van der Waals surface area contributed by atoms with Gasteiger partial charge in [-0.3, -0.25) is 4.79 Å². The van der Waals surface area contributed by atoms with Crippen molar-refractivity contribution < 1.29 is 4.79 Å². The van der Waals surface area contributed by atoms with Gasteiger partial charge in [0.25, 0.3) is 0 Å². The van der Waals surface area contributed by atoms with Crippen molar-refractivity contribution in [3.63, 3.8) is 0 Å². The van der Waals surface area contributed by atoms with Crippen molar-refractivity contribution in [2.45, 2.75) is 45.4 Å². The molecule has 0 radical (unpaired) electrons. The first-order valence-electron chi connectivity index (χ1n) is 6.30. The average molecular weight is 220 g/mol. The predicted molar refractivity (Wildman–Crippen MR) is 61.5 cm³/mol. The molecule has 0 aromatic rings. The Morgan fingerprint density at radius 1 is 1.50 bits per heavy atom. The Balaban J connectivity index is 1.93. The van der Waals surface area contributed by atoms with Crippen molar-refractivity contribution in [3.8, 4) is 6.07 Å². The minimum Gasteiger partial charge on any atom is -0.342 e. The van der Waals surface area contributed by atoms with Crippen LogP contribution in [0.25, 0.3) is 0 Å². The highest BCUT2D eigenvalue weighted by atomic mass is 16.2. The maximum atomic E-state index is 11.9. The summed E-state index contributed by atoms with van der Waals surface area (Å²) in [4.78, 5) is 13.9. The van der Waals surface area contributed by atoms with E-state index in [4.69, 9.17) is 5.26 Å². The van der Waals surface area contributed by atoms with Gasteiger partial charge in [0.05, 0.1) is 6.07 Å². The summed E-state index contributed by atoms with van der Waals surface area (Å²) in [6.45, 7) is 3.94. The topological polar surface area (TPSA) is 44.1 Å². The van der Waals surface area contributed by atoms with E-state index in [1.165, 1.54) is 0 Å². The Hall–Kier alpha value is -1.04. The van der Waals surface area contributed by atoms with Gasteiger partial charge >= 0.3 is 0 Å². The van der Waals surface area contributed by atoms with Gasteiger partial charge < -0.3 is 4.90 Å². The molecule has 2 aliphatic rings. The van der Waals surface area contributed by atoms with Gasteiger partial charge in [0.2, 0.25) is 5.91 Å². The molecule has 0 spiro atoms. The van der Waals surface area contributed by atoms with Crippen molar-refractivity contribution in [1.29, 1.82) is 5.26 Å². The molecule has 1 aliphatic heterocycles. The average Bonchev–Trinajstić information content (AvgIpc) is 3.02. The molecule has 0 aromatic heterocycles. The van der Waals surface area contributed by atoms with Crippen molar-refractivity contribution in [3.05, 3.63) is 0 Å². The van der Waals surface area contributed by atoms with Crippen LogP contribution in [0.2, 0.25) is 0 Å². The predicted octanol–water partition coefficient (Wildman–Crippen LogP) is 2.33. The second-order valence-corrected chi connectivity index (χ2v) is 5.58. The van der Waals surface area contributed by atoms with Crippen molar-refractivity contribution >= 4 is 5.91 Å². The Morgan fingerprint density at radius 2 is 2.25 bits per heavy atom. The zero-order valence-electron chi connectivity index (χ0n) is 10.0. The fourth-order valence-corrected chi connectivity index (χ4v) is 2.48. The SMILES string of the molecule is CC1CCC(=O)N(CC2(CC#N)CC2)CC1. The van der Waals surface area contributed by atoms with Crippen LogP contribution in [0.5, 0.6) is 0 Å². The molecule has 1 atom stereocenters. The summed E-state index contributed by atoms with van der Waals surface area (Å²) in [5.74, 6) is 0.966. The summed E-state index contributed by atoms with van der Waals surface area (Å²) in [7, 11) is 0. The Morgan fingerprint density at radius 3 is 2.88 bits per heavy atom. The van der Waals surface area contributed by atoms with E-state index in [0.29, 0.717) is 24.7 Å². The second-order valence-electron chi connectivity index (χ2n) is 5.58. The largest absolute Gasteiger partial charge is 0.342 e.